The summed E-state index contributed by atoms with van der Waals surface area (Å²) >= 11 is 0. The number of carbonyl (C=O) groups is 1. The minimum Gasteiger partial charge on any atom is -0.380 e. The SMILES string of the molecule is COCc1cc(C(=O)NCC(F)(F)F)cc(S(N)(=O)=O)c1. The van der Waals surface area contributed by atoms with Crippen molar-refractivity contribution in [1.82, 2.24) is 5.32 Å². The van der Waals surface area contributed by atoms with E-state index in [0.29, 0.717) is 5.56 Å². The van der Waals surface area contributed by atoms with Crippen LogP contribution in [0.5, 0.6) is 0 Å². The molecule has 0 aromatic heterocycles. The van der Waals surface area contributed by atoms with E-state index in [1.807, 2.05) is 0 Å². The highest BCUT2D eigenvalue weighted by atomic mass is 32.2. The molecule has 1 aromatic carbocycles. The second kappa shape index (κ2) is 6.41. The molecule has 0 heterocycles. The number of carbonyl (C=O) groups excluding carboxylic acids is 1. The van der Waals surface area contributed by atoms with E-state index in [0.717, 1.165) is 6.07 Å². The van der Waals surface area contributed by atoms with Gasteiger partial charge in [0.1, 0.15) is 6.54 Å². The molecule has 1 aromatic rings. The fourth-order valence-electron chi connectivity index (χ4n) is 1.49. The zero-order chi connectivity index (χ0) is 16.3. The summed E-state index contributed by atoms with van der Waals surface area (Å²) in [6.45, 7) is -1.55. The van der Waals surface area contributed by atoms with Gasteiger partial charge in [-0.3, -0.25) is 4.79 Å². The zero-order valence-electron chi connectivity index (χ0n) is 10.9. The molecule has 0 spiro atoms. The number of nitrogens with two attached hydrogens (primary N) is 1. The van der Waals surface area contributed by atoms with Gasteiger partial charge in [0.2, 0.25) is 10.0 Å². The van der Waals surface area contributed by atoms with Gasteiger partial charge in [0.25, 0.3) is 5.91 Å². The van der Waals surface area contributed by atoms with Gasteiger partial charge in [-0.05, 0) is 23.8 Å². The number of methoxy groups -OCH3 is 1. The van der Waals surface area contributed by atoms with E-state index in [9.17, 15) is 26.4 Å². The van der Waals surface area contributed by atoms with Gasteiger partial charge in [-0.25, -0.2) is 13.6 Å². The molecule has 0 radical (unpaired) electrons. The molecule has 21 heavy (non-hydrogen) atoms. The number of hydrogen-bond donors (Lipinski definition) is 2. The van der Waals surface area contributed by atoms with Crippen LogP contribution in [0.4, 0.5) is 13.2 Å². The third-order valence-corrected chi connectivity index (χ3v) is 3.21. The highest BCUT2D eigenvalue weighted by molar-refractivity contribution is 7.89. The number of nitrogens with one attached hydrogen (secondary N) is 1. The standard InChI is InChI=1S/C11H13F3N2O4S/c1-20-5-7-2-8(4-9(3-7)21(15,18)19)10(17)16-6-11(12,13)14/h2-4H,5-6H2,1H3,(H,16,17)(H2,15,18,19). The van der Waals surface area contributed by atoms with Crippen LogP contribution >= 0.6 is 0 Å². The van der Waals surface area contributed by atoms with E-state index in [4.69, 9.17) is 9.88 Å². The molecule has 10 heteroatoms. The molecule has 1 rings (SSSR count). The fourth-order valence-corrected chi connectivity index (χ4v) is 2.10. The summed E-state index contributed by atoms with van der Waals surface area (Å²) in [5, 5.41) is 6.60. The third kappa shape index (κ3) is 5.69. The highest BCUT2D eigenvalue weighted by Crippen LogP contribution is 2.16. The molecule has 0 aliphatic heterocycles. The number of halogens is 3. The molecule has 118 valence electrons. The maximum atomic E-state index is 12.0. The molecular formula is C11H13F3N2O4S. The van der Waals surface area contributed by atoms with Gasteiger partial charge in [-0.1, -0.05) is 0 Å². The lowest BCUT2D eigenvalue weighted by molar-refractivity contribution is -0.123. The van der Waals surface area contributed by atoms with Crippen molar-refractivity contribution in [2.45, 2.75) is 17.7 Å². The molecular weight excluding hydrogens is 313 g/mol. The van der Waals surface area contributed by atoms with E-state index in [1.165, 1.54) is 19.2 Å². The lowest BCUT2D eigenvalue weighted by Crippen LogP contribution is -2.33. The Bertz CT molecular complexity index is 629. The second-order valence-electron chi connectivity index (χ2n) is 4.14. The Labute approximate surface area is 119 Å². The van der Waals surface area contributed by atoms with Gasteiger partial charge in [-0.2, -0.15) is 13.2 Å². The summed E-state index contributed by atoms with van der Waals surface area (Å²) in [4.78, 5) is 11.3. The largest absolute Gasteiger partial charge is 0.405 e. The van der Waals surface area contributed by atoms with Crippen LogP contribution in [0.25, 0.3) is 0 Å². The summed E-state index contributed by atoms with van der Waals surface area (Å²) in [5.41, 5.74) is 0.0407. The summed E-state index contributed by atoms with van der Waals surface area (Å²) in [6.07, 6.45) is -4.57. The van der Waals surface area contributed by atoms with Crippen LogP contribution < -0.4 is 10.5 Å². The first-order valence-electron chi connectivity index (χ1n) is 5.53. The molecule has 0 aliphatic rings. The topological polar surface area (TPSA) is 98.5 Å². The van der Waals surface area contributed by atoms with Crippen molar-refractivity contribution in [3.05, 3.63) is 29.3 Å². The monoisotopic (exact) mass is 326 g/mol. The quantitative estimate of drug-likeness (QED) is 0.835. The van der Waals surface area contributed by atoms with Crippen molar-refractivity contribution in [1.29, 1.82) is 0 Å². The average Bonchev–Trinajstić information content (AvgIpc) is 2.34. The minimum atomic E-state index is -4.57. The van der Waals surface area contributed by atoms with E-state index in [-0.39, 0.29) is 17.1 Å². The van der Waals surface area contributed by atoms with Gasteiger partial charge >= 0.3 is 6.18 Å². The van der Waals surface area contributed by atoms with Crippen molar-refractivity contribution < 1.29 is 31.1 Å². The summed E-state index contributed by atoms with van der Waals surface area (Å²) in [7, 11) is -2.76. The number of rotatable bonds is 5. The van der Waals surface area contributed by atoms with Crippen LogP contribution in [0.3, 0.4) is 0 Å². The van der Waals surface area contributed by atoms with Crippen LogP contribution in [0.15, 0.2) is 23.1 Å². The van der Waals surface area contributed by atoms with Crippen LogP contribution in [-0.2, 0) is 21.4 Å². The number of benzene rings is 1. The van der Waals surface area contributed by atoms with Crippen molar-refractivity contribution in [3.8, 4) is 0 Å². The Morgan fingerprint density at radius 3 is 2.43 bits per heavy atom. The van der Waals surface area contributed by atoms with Gasteiger partial charge in [0.05, 0.1) is 11.5 Å². The molecule has 0 fully saturated rings. The molecule has 0 saturated carbocycles. The first-order chi connectivity index (χ1) is 9.53. The maximum Gasteiger partial charge on any atom is 0.405 e. The van der Waals surface area contributed by atoms with E-state index >= 15 is 0 Å². The highest BCUT2D eigenvalue weighted by Gasteiger charge is 2.28. The van der Waals surface area contributed by atoms with E-state index in [1.54, 1.807) is 5.32 Å². The molecule has 0 unspecified atom stereocenters. The number of amides is 1. The molecule has 0 aliphatic carbocycles. The number of primary sulfonamides is 1. The number of hydrogen-bond acceptors (Lipinski definition) is 4. The van der Waals surface area contributed by atoms with Crippen LogP contribution in [0, 0.1) is 0 Å². The lowest BCUT2D eigenvalue weighted by Gasteiger charge is -2.10. The van der Waals surface area contributed by atoms with Gasteiger partial charge in [0.15, 0.2) is 0 Å². The van der Waals surface area contributed by atoms with E-state index in [2.05, 4.69) is 0 Å². The first kappa shape index (κ1) is 17.4. The lowest BCUT2D eigenvalue weighted by atomic mass is 10.1. The van der Waals surface area contributed by atoms with Gasteiger partial charge < -0.3 is 10.1 Å². The zero-order valence-corrected chi connectivity index (χ0v) is 11.7. The Balaban J connectivity index is 3.11. The predicted molar refractivity (Wildman–Crippen MR) is 66.9 cm³/mol. The summed E-state index contributed by atoms with van der Waals surface area (Å²) in [5.74, 6) is -1.06. The predicted octanol–water partition coefficient (Wildman–Crippen LogP) is 0.772. The van der Waals surface area contributed by atoms with Crippen molar-refractivity contribution >= 4 is 15.9 Å². The van der Waals surface area contributed by atoms with Crippen molar-refractivity contribution in [3.63, 3.8) is 0 Å². The second-order valence-corrected chi connectivity index (χ2v) is 5.70. The van der Waals surface area contributed by atoms with Crippen molar-refractivity contribution in [2.24, 2.45) is 5.14 Å². The normalized spacial score (nSPS) is 12.2. The molecule has 3 N–H and O–H groups in total. The fraction of sp³-hybridized carbons (Fsp3) is 0.364. The molecule has 0 bridgehead atoms. The molecule has 0 saturated heterocycles. The van der Waals surface area contributed by atoms with Crippen LogP contribution in [0.2, 0.25) is 0 Å². The molecule has 6 nitrogen and oxygen atoms in total. The minimum absolute atomic E-state index is 0.0249. The first-order valence-corrected chi connectivity index (χ1v) is 7.08. The summed E-state index contributed by atoms with van der Waals surface area (Å²) < 4.78 is 63.6. The number of alkyl halides is 3. The van der Waals surface area contributed by atoms with Gasteiger partial charge in [-0.15, -0.1) is 0 Å². The molecule has 1 amide bonds. The van der Waals surface area contributed by atoms with E-state index < -0.39 is 28.7 Å². The third-order valence-electron chi connectivity index (χ3n) is 2.32. The summed E-state index contributed by atoms with van der Waals surface area (Å²) in [6, 6.07) is 3.31. The Morgan fingerprint density at radius 2 is 1.95 bits per heavy atom. The molecule has 0 atom stereocenters. The van der Waals surface area contributed by atoms with Crippen molar-refractivity contribution in [2.75, 3.05) is 13.7 Å². The Morgan fingerprint density at radius 1 is 1.33 bits per heavy atom. The smallest absolute Gasteiger partial charge is 0.380 e. The van der Waals surface area contributed by atoms with Crippen LogP contribution in [0.1, 0.15) is 15.9 Å². The van der Waals surface area contributed by atoms with Crippen LogP contribution in [-0.4, -0.2) is 34.2 Å². The number of sulfonamides is 1. The Hall–Kier alpha value is -1.65. The Kier molecular flexibility index (Phi) is 5.31. The average molecular weight is 326 g/mol. The number of ether oxygens (including phenoxy) is 1. The maximum absolute atomic E-state index is 12.0. The van der Waals surface area contributed by atoms with Gasteiger partial charge in [0, 0.05) is 12.7 Å².